The Kier molecular flexibility index (Phi) is 2.29. The van der Waals surface area contributed by atoms with Gasteiger partial charge in [0.1, 0.15) is 5.70 Å². The number of thioether (sulfide) groups is 1. The fourth-order valence-electron chi connectivity index (χ4n) is 1.77. The second kappa shape index (κ2) is 3.79. The zero-order valence-corrected chi connectivity index (χ0v) is 9.41. The van der Waals surface area contributed by atoms with Gasteiger partial charge in [0, 0.05) is 12.3 Å². The maximum Gasteiger partial charge on any atom is 0.278 e. The van der Waals surface area contributed by atoms with E-state index in [1.807, 2.05) is 36.4 Å². The summed E-state index contributed by atoms with van der Waals surface area (Å²) in [6, 6.07) is 9.80. The summed E-state index contributed by atoms with van der Waals surface area (Å²) in [4.78, 5) is 18.0. The largest absolute Gasteiger partial charge is 0.285 e. The Hall–Kier alpha value is -1.55. The Morgan fingerprint density at radius 3 is 2.88 bits per heavy atom. The van der Waals surface area contributed by atoms with Gasteiger partial charge in [0.05, 0.1) is 0 Å². The maximum atomic E-state index is 11.9. The molecule has 0 aliphatic carbocycles. The van der Waals surface area contributed by atoms with E-state index in [4.69, 9.17) is 0 Å². The van der Waals surface area contributed by atoms with E-state index in [9.17, 15) is 4.79 Å². The molecule has 0 unspecified atom stereocenters. The number of amides is 1. The second-order valence-corrected chi connectivity index (χ2v) is 4.70. The number of benzene rings is 1. The normalized spacial score (nSPS) is 21.5. The van der Waals surface area contributed by atoms with Gasteiger partial charge in [0.25, 0.3) is 5.91 Å². The van der Waals surface area contributed by atoms with Crippen LogP contribution in [0.5, 0.6) is 0 Å². The Bertz CT molecular complexity index is 493. The van der Waals surface area contributed by atoms with E-state index in [1.165, 1.54) is 0 Å². The van der Waals surface area contributed by atoms with Gasteiger partial charge in [-0.25, -0.2) is 4.99 Å². The van der Waals surface area contributed by atoms with Gasteiger partial charge in [0.2, 0.25) is 0 Å². The van der Waals surface area contributed by atoms with Gasteiger partial charge < -0.3 is 0 Å². The van der Waals surface area contributed by atoms with Gasteiger partial charge in [0.15, 0.2) is 5.17 Å². The van der Waals surface area contributed by atoms with Crippen LogP contribution in [0, 0.1) is 0 Å². The summed E-state index contributed by atoms with van der Waals surface area (Å²) in [5.41, 5.74) is 1.56. The smallest absolute Gasteiger partial charge is 0.278 e. The number of fused-ring (bicyclic) bond motifs is 1. The quantitative estimate of drug-likeness (QED) is 0.691. The monoisotopic (exact) mass is 230 g/mol. The molecule has 0 atom stereocenters. The number of hydrogen-bond donors (Lipinski definition) is 0. The Morgan fingerprint density at radius 1 is 1.31 bits per heavy atom. The maximum absolute atomic E-state index is 11.9. The zero-order chi connectivity index (χ0) is 11.0. The summed E-state index contributed by atoms with van der Waals surface area (Å²) in [6.07, 6.45) is 1.84. The number of carbonyl (C=O) groups excluding carboxylic acids is 1. The third-order valence-electron chi connectivity index (χ3n) is 2.56. The lowest BCUT2D eigenvalue weighted by Gasteiger charge is -2.05. The summed E-state index contributed by atoms with van der Waals surface area (Å²) in [7, 11) is 0. The van der Waals surface area contributed by atoms with Gasteiger partial charge in [-0.05, 0) is 11.6 Å². The van der Waals surface area contributed by atoms with Crippen LogP contribution in [0.1, 0.15) is 5.56 Å². The van der Waals surface area contributed by atoms with E-state index >= 15 is 0 Å². The topological polar surface area (TPSA) is 32.7 Å². The van der Waals surface area contributed by atoms with E-state index in [0.717, 1.165) is 23.0 Å². The van der Waals surface area contributed by atoms with Crippen LogP contribution in [-0.4, -0.2) is 28.3 Å². The molecule has 1 fully saturated rings. The molecule has 3 nitrogen and oxygen atoms in total. The van der Waals surface area contributed by atoms with Gasteiger partial charge in [-0.1, -0.05) is 42.1 Å². The second-order valence-electron chi connectivity index (χ2n) is 3.64. The molecule has 2 heterocycles. The van der Waals surface area contributed by atoms with Crippen LogP contribution in [0.15, 0.2) is 41.0 Å². The van der Waals surface area contributed by atoms with Crippen molar-refractivity contribution in [3.05, 3.63) is 41.6 Å². The van der Waals surface area contributed by atoms with Crippen LogP contribution >= 0.6 is 11.8 Å². The Morgan fingerprint density at radius 2 is 2.12 bits per heavy atom. The van der Waals surface area contributed by atoms with Crippen molar-refractivity contribution < 1.29 is 4.79 Å². The van der Waals surface area contributed by atoms with Gasteiger partial charge in [-0.2, -0.15) is 0 Å². The molecule has 16 heavy (non-hydrogen) atoms. The highest BCUT2D eigenvalue weighted by atomic mass is 32.2. The number of carbonyl (C=O) groups is 1. The van der Waals surface area contributed by atoms with E-state index in [2.05, 4.69) is 4.99 Å². The molecule has 1 aromatic carbocycles. The minimum Gasteiger partial charge on any atom is -0.285 e. The highest BCUT2D eigenvalue weighted by Gasteiger charge is 2.33. The number of amidine groups is 1. The van der Waals surface area contributed by atoms with Crippen molar-refractivity contribution in [3.63, 3.8) is 0 Å². The SMILES string of the molecule is O=C1/C(=C\c2ccccc2)N=C2SCCN12. The van der Waals surface area contributed by atoms with Crippen molar-refractivity contribution in [1.29, 1.82) is 0 Å². The molecule has 1 aromatic rings. The molecule has 80 valence electrons. The lowest BCUT2D eigenvalue weighted by Crippen LogP contribution is -2.26. The zero-order valence-electron chi connectivity index (χ0n) is 8.59. The lowest BCUT2D eigenvalue weighted by molar-refractivity contribution is -0.122. The molecule has 1 amide bonds. The van der Waals surface area contributed by atoms with Gasteiger partial charge in [-0.15, -0.1) is 0 Å². The summed E-state index contributed by atoms with van der Waals surface area (Å²) >= 11 is 1.65. The summed E-state index contributed by atoms with van der Waals surface area (Å²) in [5.74, 6) is 0.993. The van der Waals surface area contributed by atoms with Crippen LogP contribution in [-0.2, 0) is 4.79 Å². The van der Waals surface area contributed by atoms with Gasteiger partial charge >= 0.3 is 0 Å². The van der Waals surface area contributed by atoms with Crippen molar-refractivity contribution in [2.45, 2.75) is 0 Å². The molecule has 2 aliphatic rings. The number of rotatable bonds is 1. The molecule has 0 spiro atoms. The first-order chi connectivity index (χ1) is 7.84. The van der Waals surface area contributed by atoms with Crippen LogP contribution in [0.25, 0.3) is 6.08 Å². The van der Waals surface area contributed by atoms with E-state index in [0.29, 0.717) is 5.70 Å². The Balaban J connectivity index is 1.95. The van der Waals surface area contributed by atoms with Crippen molar-refractivity contribution >= 4 is 28.9 Å². The first-order valence-electron chi connectivity index (χ1n) is 5.15. The molecule has 2 aliphatic heterocycles. The summed E-state index contributed by atoms with van der Waals surface area (Å²) in [6.45, 7) is 0.786. The van der Waals surface area contributed by atoms with Crippen LogP contribution in [0.3, 0.4) is 0 Å². The third kappa shape index (κ3) is 1.55. The molecule has 4 heteroatoms. The van der Waals surface area contributed by atoms with Crippen molar-refractivity contribution in [3.8, 4) is 0 Å². The van der Waals surface area contributed by atoms with Crippen molar-refractivity contribution in [2.75, 3.05) is 12.3 Å². The predicted molar refractivity (Wildman–Crippen MR) is 66.0 cm³/mol. The van der Waals surface area contributed by atoms with Crippen molar-refractivity contribution in [2.24, 2.45) is 4.99 Å². The average Bonchev–Trinajstić information content (AvgIpc) is 2.86. The van der Waals surface area contributed by atoms with E-state index < -0.39 is 0 Å². The molecule has 3 rings (SSSR count). The third-order valence-corrected chi connectivity index (χ3v) is 3.52. The molecular formula is C12H10N2OS. The van der Waals surface area contributed by atoms with E-state index in [-0.39, 0.29) is 5.91 Å². The molecule has 0 N–H and O–H groups in total. The molecule has 0 bridgehead atoms. The van der Waals surface area contributed by atoms with Crippen LogP contribution < -0.4 is 0 Å². The standard InChI is InChI=1S/C12H10N2OS/c15-11-10(8-9-4-2-1-3-5-9)13-12-14(11)6-7-16-12/h1-5,8H,6-7H2/b10-8+. The predicted octanol–water partition coefficient (Wildman–Crippen LogP) is 1.97. The molecule has 0 saturated carbocycles. The average molecular weight is 230 g/mol. The number of nitrogens with zero attached hydrogens (tertiary/aromatic N) is 2. The first-order valence-corrected chi connectivity index (χ1v) is 6.13. The highest BCUT2D eigenvalue weighted by molar-refractivity contribution is 8.14. The van der Waals surface area contributed by atoms with Crippen LogP contribution in [0.2, 0.25) is 0 Å². The minimum atomic E-state index is 0.0313. The fourth-order valence-corrected chi connectivity index (χ4v) is 2.72. The molecule has 0 aromatic heterocycles. The van der Waals surface area contributed by atoms with Crippen LogP contribution in [0.4, 0.5) is 0 Å². The van der Waals surface area contributed by atoms with E-state index in [1.54, 1.807) is 16.7 Å². The Labute approximate surface area is 97.9 Å². The lowest BCUT2D eigenvalue weighted by atomic mass is 10.2. The molecule has 0 radical (unpaired) electrons. The summed E-state index contributed by atoms with van der Waals surface area (Å²) < 4.78 is 0. The number of hydrogen-bond acceptors (Lipinski definition) is 3. The molecule has 1 saturated heterocycles. The first kappa shape index (κ1) is 9.66. The fraction of sp³-hybridized carbons (Fsp3) is 0.167. The van der Waals surface area contributed by atoms with Gasteiger partial charge in [-0.3, -0.25) is 9.69 Å². The van der Waals surface area contributed by atoms with Crippen molar-refractivity contribution in [1.82, 2.24) is 4.90 Å². The highest BCUT2D eigenvalue weighted by Crippen LogP contribution is 2.28. The molecular weight excluding hydrogens is 220 g/mol. The summed E-state index contributed by atoms with van der Waals surface area (Å²) in [5, 5.41) is 0.854. The minimum absolute atomic E-state index is 0.0313. The number of aliphatic imine (C=N–C) groups is 1.